The number of nitrogens with zero attached hydrogens (tertiary/aromatic N) is 5. The van der Waals surface area contributed by atoms with Crippen LogP contribution in [0.4, 0.5) is 0 Å². The molecule has 1 amide bonds. The average molecular weight is 278 g/mol. The molecule has 0 aliphatic rings. The monoisotopic (exact) mass is 278 g/mol. The molecule has 9 heteroatoms. The van der Waals surface area contributed by atoms with Gasteiger partial charge >= 0.3 is 5.97 Å². The molecule has 0 fully saturated rings. The third-order valence-electron chi connectivity index (χ3n) is 2.47. The van der Waals surface area contributed by atoms with E-state index in [1.54, 1.807) is 23.1 Å². The lowest BCUT2D eigenvalue weighted by Gasteiger charge is -2.12. The molecule has 0 aliphatic carbocycles. The van der Waals surface area contributed by atoms with E-state index in [1.165, 1.54) is 6.20 Å². The van der Waals surface area contributed by atoms with E-state index in [4.69, 9.17) is 5.11 Å². The Morgan fingerprint density at radius 3 is 2.90 bits per heavy atom. The number of hydrogen-bond acceptors (Lipinski definition) is 5. The van der Waals surface area contributed by atoms with Crippen molar-refractivity contribution in [1.82, 2.24) is 30.1 Å². The Kier molecular flexibility index (Phi) is 4.08. The van der Waals surface area contributed by atoms with Crippen molar-refractivity contribution in [3.05, 3.63) is 30.4 Å². The molecule has 2 aromatic rings. The van der Waals surface area contributed by atoms with Gasteiger partial charge in [0, 0.05) is 18.4 Å². The number of aliphatic carboxylic acids is 1. The van der Waals surface area contributed by atoms with E-state index in [-0.39, 0.29) is 18.3 Å². The molecule has 1 unspecified atom stereocenters. The maximum absolute atomic E-state index is 11.9. The van der Waals surface area contributed by atoms with Crippen LogP contribution in [-0.2, 0) is 17.9 Å². The van der Waals surface area contributed by atoms with Gasteiger partial charge in [-0.1, -0.05) is 5.21 Å². The SMILES string of the molecule is CC(Cn1cccn1)NC(=O)c1cn(CC(=O)O)nn1. The highest BCUT2D eigenvalue weighted by Gasteiger charge is 2.14. The first-order chi connectivity index (χ1) is 9.54. The number of carbonyl (C=O) groups is 2. The zero-order valence-corrected chi connectivity index (χ0v) is 10.8. The van der Waals surface area contributed by atoms with Crippen molar-refractivity contribution in [2.75, 3.05) is 0 Å². The van der Waals surface area contributed by atoms with Gasteiger partial charge in [-0.3, -0.25) is 14.3 Å². The number of carboxylic acid groups (broad SMARTS) is 1. The molecular weight excluding hydrogens is 264 g/mol. The summed E-state index contributed by atoms with van der Waals surface area (Å²) in [6.07, 6.45) is 4.75. The van der Waals surface area contributed by atoms with Crippen LogP contribution in [0.25, 0.3) is 0 Å². The van der Waals surface area contributed by atoms with Crippen LogP contribution in [-0.4, -0.2) is 47.8 Å². The number of nitrogens with one attached hydrogen (secondary N) is 1. The predicted molar refractivity (Wildman–Crippen MR) is 66.8 cm³/mol. The summed E-state index contributed by atoms with van der Waals surface area (Å²) in [5.74, 6) is -1.45. The highest BCUT2D eigenvalue weighted by atomic mass is 16.4. The Hall–Kier alpha value is -2.71. The highest BCUT2D eigenvalue weighted by Crippen LogP contribution is 1.96. The van der Waals surface area contributed by atoms with E-state index in [2.05, 4.69) is 20.7 Å². The minimum atomic E-state index is -1.05. The van der Waals surface area contributed by atoms with Crippen molar-refractivity contribution in [3.63, 3.8) is 0 Å². The second-order valence-electron chi connectivity index (χ2n) is 4.30. The van der Waals surface area contributed by atoms with Crippen molar-refractivity contribution in [1.29, 1.82) is 0 Å². The average Bonchev–Trinajstić information content (AvgIpc) is 2.99. The van der Waals surface area contributed by atoms with Crippen LogP contribution < -0.4 is 5.32 Å². The van der Waals surface area contributed by atoms with Crippen molar-refractivity contribution >= 4 is 11.9 Å². The van der Waals surface area contributed by atoms with Gasteiger partial charge in [0.15, 0.2) is 5.69 Å². The van der Waals surface area contributed by atoms with Gasteiger partial charge in [-0.25, -0.2) is 4.68 Å². The molecule has 0 saturated heterocycles. The van der Waals surface area contributed by atoms with Gasteiger partial charge < -0.3 is 10.4 Å². The first kappa shape index (κ1) is 13.7. The number of carboxylic acids is 1. The van der Waals surface area contributed by atoms with Crippen molar-refractivity contribution in [2.24, 2.45) is 0 Å². The molecule has 0 spiro atoms. The fraction of sp³-hybridized carbons (Fsp3) is 0.364. The third-order valence-corrected chi connectivity index (χ3v) is 2.47. The summed E-state index contributed by atoms with van der Waals surface area (Å²) < 4.78 is 2.79. The smallest absolute Gasteiger partial charge is 0.325 e. The molecular formula is C11H14N6O3. The molecule has 106 valence electrons. The topological polar surface area (TPSA) is 115 Å². The van der Waals surface area contributed by atoms with Crippen molar-refractivity contribution in [2.45, 2.75) is 26.1 Å². The Labute approximate surface area is 114 Å². The predicted octanol–water partition coefficient (Wildman–Crippen LogP) is -0.622. The van der Waals surface area contributed by atoms with Crippen LogP contribution in [0, 0.1) is 0 Å². The van der Waals surface area contributed by atoms with Crippen LogP contribution in [0.1, 0.15) is 17.4 Å². The van der Waals surface area contributed by atoms with E-state index in [9.17, 15) is 9.59 Å². The van der Waals surface area contributed by atoms with Crippen LogP contribution in [0.5, 0.6) is 0 Å². The Balaban J connectivity index is 1.90. The Morgan fingerprint density at radius 1 is 1.45 bits per heavy atom. The summed E-state index contributed by atoms with van der Waals surface area (Å²) in [7, 11) is 0. The summed E-state index contributed by atoms with van der Waals surface area (Å²) in [5, 5.41) is 22.6. The third kappa shape index (κ3) is 3.64. The van der Waals surface area contributed by atoms with Gasteiger partial charge in [0.1, 0.15) is 6.54 Å². The van der Waals surface area contributed by atoms with Crippen LogP contribution in [0.3, 0.4) is 0 Å². The van der Waals surface area contributed by atoms with Crippen LogP contribution in [0.15, 0.2) is 24.7 Å². The molecule has 1 atom stereocenters. The van der Waals surface area contributed by atoms with E-state index in [0.717, 1.165) is 4.68 Å². The molecule has 2 heterocycles. The van der Waals surface area contributed by atoms with E-state index < -0.39 is 11.9 Å². The summed E-state index contributed by atoms with van der Waals surface area (Å²) in [4.78, 5) is 22.4. The number of amides is 1. The number of rotatable bonds is 6. The maximum Gasteiger partial charge on any atom is 0.325 e. The lowest BCUT2D eigenvalue weighted by molar-refractivity contribution is -0.137. The second-order valence-corrected chi connectivity index (χ2v) is 4.30. The molecule has 0 radical (unpaired) electrons. The van der Waals surface area contributed by atoms with Crippen LogP contribution >= 0.6 is 0 Å². The molecule has 9 nitrogen and oxygen atoms in total. The lowest BCUT2D eigenvalue weighted by atomic mass is 10.3. The zero-order valence-electron chi connectivity index (χ0n) is 10.8. The van der Waals surface area contributed by atoms with Crippen molar-refractivity contribution in [3.8, 4) is 0 Å². The van der Waals surface area contributed by atoms with Gasteiger partial charge in [-0.05, 0) is 13.0 Å². The zero-order chi connectivity index (χ0) is 14.5. The molecule has 20 heavy (non-hydrogen) atoms. The van der Waals surface area contributed by atoms with Gasteiger partial charge in [0.2, 0.25) is 0 Å². The summed E-state index contributed by atoms with van der Waals surface area (Å²) in [5.41, 5.74) is 0.0820. The van der Waals surface area contributed by atoms with Gasteiger partial charge in [0.25, 0.3) is 5.91 Å². The minimum Gasteiger partial charge on any atom is -0.480 e. The number of carbonyl (C=O) groups excluding carboxylic acids is 1. The quantitative estimate of drug-likeness (QED) is 0.727. The van der Waals surface area contributed by atoms with Gasteiger partial charge in [-0.2, -0.15) is 5.10 Å². The summed E-state index contributed by atoms with van der Waals surface area (Å²) >= 11 is 0. The molecule has 0 bridgehead atoms. The van der Waals surface area contributed by atoms with E-state index >= 15 is 0 Å². The standard InChI is InChI=1S/C11H14N6O3/c1-8(5-16-4-2-3-12-16)13-11(20)9-6-17(15-14-9)7-10(18)19/h2-4,6,8H,5,7H2,1H3,(H,13,20)(H,18,19). The molecule has 2 rings (SSSR count). The molecule has 0 aromatic carbocycles. The first-order valence-corrected chi connectivity index (χ1v) is 5.95. The normalized spacial score (nSPS) is 12.1. The molecule has 0 aliphatic heterocycles. The summed E-state index contributed by atoms with van der Waals surface area (Å²) in [6, 6.07) is 1.65. The Bertz CT molecular complexity index is 591. The van der Waals surface area contributed by atoms with E-state index in [0.29, 0.717) is 6.54 Å². The second kappa shape index (κ2) is 5.95. The van der Waals surface area contributed by atoms with E-state index in [1.807, 2.05) is 6.92 Å². The molecule has 2 aromatic heterocycles. The lowest BCUT2D eigenvalue weighted by Crippen LogP contribution is -2.36. The fourth-order valence-electron chi connectivity index (χ4n) is 1.65. The Morgan fingerprint density at radius 2 is 2.25 bits per heavy atom. The summed E-state index contributed by atoms with van der Waals surface area (Å²) in [6.45, 7) is 2.03. The van der Waals surface area contributed by atoms with Crippen molar-refractivity contribution < 1.29 is 14.7 Å². The fourth-order valence-corrected chi connectivity index (χ4v) is 1.65. The maximum atomic E-state index is 11.9. The molecule has 2 N–H and O–H groups in total. The minimum absolute atomic E-state index is 0.0820. The first-order valence-electron chi connectivity index (χ1n) is 5.95. The van der Waals surface area contributed by atoms with Crippen LogP contribution in [0.2, 0.25) is 0 Å². The largest absolute Gasteiger partial charge is 0.480 e. The van der Waals surface area contributed by atoms with Gasteiger partial charge in [0.05, 0.1) is 12.7 Å². The highest BCUT2D eigenvalue weighted by molar-refractivity contribution is 5.92. The number of aromatic nitrogens is 5. The van der Waals surface area contributed by atoms with Gasteiger partial charge in [-0.15, -0.1) is 5.10 Å². The molecule has 0 saturated carbocycles. The number of hydrogen-bond donors (Lipinski definition) is 2.